The molecule has 1 aliphatic rings. The van der Waals surface area contributed by atoms with E-state index in [1.54, 1.807) is 7.11 Å². The number of rotatable bonds is 8. The molecule has 2 N–H and O–H groups in total. The van der Waals surface area contributed by atoms with Gasteiger partial charge in [0.1, 0.15) is 5.76 Å². The number of aromatic nitrogens is 1. The van der Waals surface area contributed by atoms with Crippen LogP contribution in [0, 0.1) is 19.8 Å². The number of oxazole rings is 1. The summed E-state index contributed by atoms with van der Waals surface area (Å²) in [6, 6.07) is 0.243. The molecule has 2 heterocycles. The minimum Gasteiger partial charge on any atom is -0.444 e. The van der Waals surface area contributed by atoms with E-state index in [4.69, 9.17) is 14.1 Å². The van der Waals surface area contributed by atoms with Gasteiger partial charge in [0.2, 0.25) is 5.89 Å². The van der Waals surface area contributed by atoms with Crippen LogP contribution in [0.15, 0.2) is 9.41 Å². The van der Waals surface area contributed by atoms with Crippen LogP contribution in [0.1, 0.15) is 44.0 Å². The lowest BCUT2D eigenvalue weighted by atomic mass is 9.97. The maximum atomic E-state index is 5.71. The van der Waals surface area contributed by atoms with Gasteiger partial charge >= 0.3 is 0 Å². The molecule has 1 unspecified atom stereocenters. The molecule has 1 aliphatic heterocycles. The molecule has 0 radical (unpaired) electrons. The van der Waals surface area contributed by atoms with Crippen LogP contribution < -0.4 is 10.6 Å². The highest BCUT2D eigenvalue weighted by atomic mass is 16.5. The van der Waals surface area contributed by atoms with E-state index in [1.165, 1.54) is 0 Å². The number of ether oxygens (including phenoxy) is 1. The van der Waals surface area contributed by atoms with Crippen molar-refractivity contribution in [2.45, 2.75) is 53.1 Å². The molecule has 0 aliphatic carbocycles. The molecular formula is C19H35N5O2. The lowest BCUT2D eigenvalue weighted by Crippen LogP contribution is -2.44. The van der Waals surface area contributed by atoms with Crippen molar-refractivity contribution in [1.82, 2.24) is 20.5 Å². The number of hydrogen-bond donors (Lipinski definition) is 2. The Morgan fingerprint density at radius 1 is 1.38 bits per heavy atom. The second-order valence-corrected chi connectivity index (χ2v) is 7.19. The number of aryl methyl sites for hydroxylation is 2. The van der Waals surface area contributed by atoms with Crippen molar-refractivity contribution in [2.24, 2.45) is 10.9 Å². The van der Waals surface area contributed by atoms with Crippen LogP contribution in [0.5, 0.6) is 0 Å². The third kappa shape index (κ3) is 6.61. The van der Waals surface area contributed by atoms with Gasteiger partial charge in [0.05, 0.1) is 18.8 Å². The predicted molar refractivity (Wildman–Crippen MR) is 104 cm³/mol. The molecule has 1 aromatic heterocycles. The van der Waals surface area contributed by atoms with E-state index in [-0.39, 0.29) is 6.04 Å². The molecule has 0 amide bonds. The van der Waals surface area contributed by atoms with Gasteiger partial charge in [-0.2, -0.15) is 0 Å². The molecule has 2 rings (SSSR count). The Hall–Kier alpha value is -1.60. The molecule has 1 fully saturated rings. The third-order valence-corrected chi connectivity index (χ3v) is 4.79. The van der Waals surface area contributed by atoms with Crippen LogP contribution >= 0.6 is 0 Å². The van der Waals surface area contributed by atoms with E-state index < -0.39 is 0 Å². The Kier molecular flexibility index (Phi) is 8.38. The molecule has 0 bridgehead atoms. The Morgan fingerprint density at radius 3 is 2.69 bits per heavy atom. The van der Waals surface area contributed by atoms with Crippen molar-refractivity contribution in [1.29, 1.82) is 0 Å². The largest absolute Gasteiger partial charge is 0.444 e. The van der Waals surface area contributed by atoms with E-state index in [0.717, 1.165) is 68.9 Å². The van der Waals surface area contributed by atoms with E-state index in [9.17, 15) is 0 Å². The SMILES string of the molecule is CCNC(=NCC1CCN(Cc2nc(C)c(C)o2)CC1)NC(C)COC. The number of nitrogens with one attached hydrogen (secondary N) is 2. The lowest BCUT2D eigenvalue weighted by Gasteiger charge is -2.30. The van der Waals surface area contributed by atoms with Crippen molar-refractivity contribution in [2.75, 3.05) is 39.9 Å². The topological polar surface area (TPSA) is 74.9 Å². The highest BCUT2D eigenvalue weighted by molar-refractivity contribution is 5.80. The fraction of sp³-hybridized carbons (Fsp3) is 0.789. The summed E-state index contributed by atoms with van der Waals surface area (Å²) in [5.41, 5.74) is 0.996. The first-order valence-electron chi connectivity index (χ1n) is 9.70. The summed E-state index contributed by atoms with van der Waals surface area (Å²) in [6.45, 7) is 13.5. The number of aliphatic imine (C=N–C) groups is 1. The minimum absolute atomic E-state index is 0.243. The molecule has 0 spiro atoms. The van der Waals surface area contributed by atoms with Crippen molar-refractivity contribution in [3.05, 3.63) is 17.3 Å². The number of guanidine groups is 1. The average Bonchev–Trinajstić information content (AvgIpc) is 2.92. The Morgan fingerprint density at radius 2 is 2.12 bits per heavy atom. The van der Waals surface area contributed by atoms with Crippen LogP contribution in [0.2, 0.25) is 0 Å². The molecule has 1 atom stereocenters. The van der Waals surface area contributed by atoms with Crippen molar-refractivity contribution in [3.8, 4) is 0 Å². The minimum atomic E-state index is 0.243. The molecule has 7 nitrogen and oxygen atoms in total. The van der Waals surface area contributed by atoms with Gasteiger partial charge in [0.15, 0.2) is 5.96 Å². The van der Waals surface area contributed by atoms with Crippen LogP contribution in [0.4, 0.5) is 0 Å². The monoisotopic (exact) mass is 365 g/mol. The van der Waals surface area contributed by atoms with Gasteiger partial charge in [-0.25, -0.2) is 4.98 Å². The summed E-state index contributed by atoms with van der Waals surface area (Å²) in [4.78, 5) is 11.7. The van der Waals surface area contributed by atoms with Crippen LogP contribution in [-0.2, 0) is 11.3 Å². The summed E-state index contributed by atoms with van der Waals surface area (Å²) >= 11 is 0. The molecule has 7 heteroatoms. The van der Waals surface area contributed by atoms with Gasteiger partial charge in [0, 0.05) is 26.2 Å². The maximum Gasteiger partial charge on any atom is 0.208 e. The van der Waals surface area contributed by atoms with Crippen LogP contribution in [0.3, 0.4) is 0 Å². The second-order valence-electron chi connectivity index (χ2n) is 7.19. The van der Waals surface area contributed by atoms with E-state index >= 15 is 0 Å². The van der Waals surface area contributed by atoms with Gasteiger partial charge < -0.3 is 19.8 Å². The second kappa shape index (κ2) is 10.5. The van der Waals surface area contributed by atoms with Crippen molar-refractivity contribution < 1.29 is 9.15 Å². The number of piperidine rings is 1. The van der Waals surface area contributed by atoms with E-state index in [0.29, 0.717) is 12.5 Å². The molecular weight excluding hydrogens is 330 g/mol. The molecule has 26 heavy (non-hydrogen) atoms. The van der Waals surface area contributed by atoms with Gasteiger partial charge in [-0.15, -0.1) is 0 Å². The number of nitrogens with zero attached hydrogens (tertiary/aromatic N) is 3. The van der Waals surface area contributed by atoms with Crippen LogP contribution in [-0.4, -0.2) is 61.8 Å². The summed E-state index contributed by atoms with van der Waals surface area (Å²) in [6.07, 6.45) is 2.32. The summed E-state index contributed by atoms with van der Waals surface area (Å²) in [5, 5.41) is 6.70. The Bertz CT molecular complexity index is 545. The lowest BCUT2D eigenvalue weighted by molar-refractivity contribution is 0.166. The van der Waals surface area contributed by atoms with Crippen molar-refractivity contribution >= 4 is 5.96 Å². The van der Waals surface area contributed by atoms with E-state index in [2.05, 4.69) is 34.4 Å². The molecule has 1 aromatic rings. The zero-order valence-electron chi connectivity index (χ0n) is 17.0. The zero-order chi connectivity index (χ0) is 18.9. The highest BCUT2D eigenvalue weighted by Crippen LogP contribution is 2.20. The Labute approximate surface area is 157 Å². The van der Waals surface area contributed by atoms with Gasteiger partial charge in [-0.05, 0) is 59.5 Å². The fourth-order valence-electron chi connectivity index (χ4n) is 3.19. The van der Waals surface area contributed by atoms with Gasteiger partial charge in [-0.3, -0.25) is 9.89 Å². The smallest absolute Gasteiger partial charge is 0.208 e. The molecule has 1 saturated heterocycles. The van der Waals surface area contributed by atoms with Gasteiger partial charge in [-0.1, -0.05) is 0 Å². The first kappa shape index (κ1) is 20.7. The molecule has 0 saturated carbocycles. The van der Waals surface area contributed by atoms with Crippen LogP contribution in [0.25, 0.3) is 0 Å². The van der Waals surface area contributed by atoms with E-state index in [1.807, 2.05) is 13.8 Å². The van der Waals surface area contributed by atoms with Gasteiger partial charge in [0.25, 0.3) is 0 Å². The summed E-state index contributed by atoms with van der Waals surface area (Å²) < 4.78 is 10.9. The highest BCUT2D eigenvalue weighted by Gasteiger charge is 2.21. The molecule has 0 aromatic carbocycles. The number of methoxy groups -OCH3 is 1. The quantitative estimate of drug-likeness (QED) is 0.543. The zero-order valence-corrected chi connectivity index (χ0v) is 17.0. The summed E-state index contributed by atoms with van der Waals surface area (Å²) in [5.74, 6) is 3.27. The standard InChI is InChI=1S/C19H35N5O2/c1-6-20-19(22-14(2)13-25-5)21-11-17-7-9-24(10-8-17)12-18-23-15(3)16(4)26-18/h14,17H,6-13H2,1-5H3,(H2,20,21,22). The number of likely N-dealkylation sites (tertiary alicyclic amines) is 1. The molecule has 148 valence electrons. The normalized spacial score (nSPS) is 18.1. The summed E-state index contributed by atoms with van der Waals surface area (Å²) in [7, 11) is 1.72. The first-order chi connectivity index (χ1) is 12.5. The van der Waals surface area contributed by atoms with Crippen molar-refractivity contribution in [3.63, 3.8) is 0 Å². The average molecular weight is 366 g/mol. The Balaban J connectivity index is 1.77. The number of hydrogen-bond acceptors (Lipinski definition) is 5. The first-order valence-corrected chi connectivity index (χ1v) is 9.70. The third-order valence-electron chi connectivity index (χ3n) is 4.79. The maximum absolute atomic E-state index is 5.71. The fourth-order valence-corrected chi connectivity index (χ4v) is 3.19. The predicted octanol–water partition coefficient (Wildman–Crippen LogP) is 2.09.